The minimum absolute atomic E-state index is 0.377. The Kier molecular flexibility index (Phi) is 6.36. The number of nitrogens with zero attached hydrogens (tertiary/aromatic N) is 4. The van der Waals surface area contributed by atoms with Crippen molar-refractivity contribution in [3.05, 3.63) is 53.5 Å². The predicted molar refractivity (Wildman–Crippen MR) is 106 cm³/mol. The average Bonchev–Trinajstić information content (AvgIpc) is 2.87. The lowest BCUT2D eigenvalue weighted by atomic mass is 10.1. The fourth-order valence-electron chi connectivity index (χ4n) is 3.66. The second-order valence-electron chi connectivity index (χ2n) is 7.24. The number of primary amides is 1. The number of anilines is 1. The maximum absolute atomic E-state index is 11.4. The molecule has 1 saturated heterocycles. The van der Waals surface area contributed by atoms with E-state index in [2.05, 4.69) is 32.9 Å². The lowest BCUT2D eigenvalue weighted by Gasteiger charge is -2.26. The van der Waals surface area contributed by atoms with Gasteiger partial charge in [-0.1, -0.05) is 12.1 Å². The Balaban J connectivity index is 1.55. The van der Waals surface area contributed by atoms with Gasteiger partial charge in [0, 0.05) is 24.3 Å². The number of rotatable bonds is 6. The second-order valence-corrected chi connectivity index (χ2v) is 7.24. The summed E-state index contributed by atoms with van der Waals surface area (Å²) in [5, 5.41) is 0. The normalized spacial score (nSPS) is 18.4. The maximum atomic E-state index is 11.4. The number of nitrogens with two attached hydrogens (primary N) is 2. The van der Waals surface area contributed by atoms with Gasteiger partial charge in [0.25, 0.3) is 0 Å². The SMILES string of the molecule is CN(Cc1nccc(N)n1)[C@@H]1CCCN(Cc2cccc(C(N)=O)c2)CC1. The van der Waals surface area contributed by atoms with Gasteiger partial charge in [-0.05, 0) is 63.2 Å². The van der Waals surface area contributed by atoms with Gasteiger partial charge < -0.3 is 11.5 Å². The van der Waals surface area contributed by atoms with Crippen molar-refractivity contribution in [3.8, 4) is 0 Å². The molecule has 144 valence electrons. The van der Waals surface area contributed by atoms with Crippen LogP contribution in [0.25, 0.3) is 0 Å². The van der Waals surface area contributed by atoms with E-state index in [-0.39, 0.29) is 5.91 Å². The standard InChI is InChI=1S/C20H28N6O/c1-25(14-19-23-9-7-18(21)24-19)17-6-3-10-26(11-8-17)13-15-4-2-5-16(12-15)20(22)27/h2,4-5,7,9,12,17H,3,6,8,10-11,13-14H2,1H3,(H2,22,27)(H2,21,23,24)/t17-/m1/s1. The van der Waals surface area contributed by atoms with Crippen LogP contribution < -0.4 is 11.5 Å². The average molecular weight is 368 g/mol. The zero-order valence-electron chi connectivity index (χ0n) is 15.8. The molecular weight excluding hydrogens is 340 g/mol. The lowest BCUT2D eigenvalue weighted by Crippen LogP contribution is -2.33. The Morgan fingerprint density at radius 1 is 1.30 bits per heavy atom. The number of carbonyl (C=O) groups excluding carboxylic acids is 1. The molecule has 0 unspecified atom stereocenters. The summed E-state index contributed by atoms with van der Waals surface area (Å²) in [5.74, 6) is 0.902. The number of benzene rings is 1. The number of aromatic nitrogens is 2. The molecule has 1 atom stereocenters. The van der Waals surface area contributed by atoms with Gasteiger partial charge in [0.15, 0.2) is 0 Å². The number of hydrogen-bond acceptors (Lipinski definition) is 6. The van der Waals surface area contributed by atoms with E-state index in [9.17, 15) is 4.79 Å². The van der Waals surface area contributed by atoms with Crippen molar-refractivity contribution in [1.82, 2.24) is 19.8 Å². The molecule has 0 radical (unpaired) electrons. The van der Waals surface area contributed by atoms with E-state index in [1.807, 2.05) is 12.1 Å². The van der Waals surface area contributed by atoms with E-state index in [0.29, 0.717) is 24.0 Å². The summed E-state index contributed by atoms with van der Waals surface area (Å²) in [6.07, 6.45) is 5.09. The first-order valence-corrected chi connectivity index (χ1v) is 9.40. The van der Waals surface area contributed by atoms with Gasteiger partial charge in [-0.2, -0.15) is 0 Å². The monoisotopic (exact) mass is 368 g/mol. The van der Waals surface area contributed by atoms with Gasteiger partial charge in [-0.3, -0.25) is 14.6 Å². The Labute approximate surface area is 160 Å². The topological polar surface area (TPSA) is 101 Å². The molecule has 3 rings (SSSR count). The third-order valence-electron chi connectivity index (χ3n) is 5.15. The van der Waals surface area contributed by atoms with Gasteiger partial charge in [0.05, 0.1) is 6.54 Å². The Morgan fingerprint density at radius 3 is 2.93 bits per heavy atom. The number of amides is 1. The minimum atomic E-state index is -0.377. The molecule has 0 saturated carbocycles. The van der Waals surface area contributed by atoms with Gasteiger partial charge >= 0.3 is 0 Å². The van der Waals surface area contributed by atoms with Crippen molar-refractivity contribution in [2.75, 3.05) is 25.9 Å². The van der Waals surface area contributed by atoms with Crippen LogP contribution in [-0.4, -0.2) is 51.9 Å². The van der Waals surface area contributed by atoms with Crippen molar-refractivity contribution in [1.29, 1.82) is 0 Å². The lowest BCUT2D eigenvalue weighted by molar-refractivity contribution is 0.1000. The molecule has 2 aromatic rings. The van der Waals surface area contributed by atoms with Gasteiger partial charge in [0.2, 0.25) is 5.91 Å². The van der Waals surface area contributed by atoms with E-state index in [1.54, 1.807) is 18.3 Å². The Bertz CT molecular complexity index is 781. The minimum Gasteiger partial charge on any atom is -0.384 e. The van der Waals surface area contributed by atoms with Crippen molar-refractivity contribution < 1.29 is 4.79 Å². The van der Waals surface area contributed by atoms with Gasteiger partial charge in [-0.25, -0.2) is 9.97 Å². The molecule has 1 aliphatic rings. The first-order chi connectivity index (χ1) is 13.0. The molecule has 1 aromatic carbocycles. The summed E-state index contributed by atoms with van der Waals surface area (Å²) in [6, 6.07) is 9.82. The highest BCUT2D eigenvalue weighted by Gasteiger charge is 2.21. The zero-order valence-corrected chi connectivity index (χ0v) is 15.8. The smallest absolute Gasteiger partial charge is 0.248 e. The van der Waals surface area contributed by atoms with Crippen LogP contribution in [0.4, 0.5) is 5.82 Å². The molecule has 7 heteroatoms. The number of hydrogen-bond donors (Lipinski definition) is 2. The third kappa shape index (κ3) is 5.48. The molecule has 7 nitrogen and oxygen atoms in total. The van der Waals surface area contributed by atoms with E-state index in [1.165, 1.54) is 0 Å². The summed E-state index contributed by atoms with van der Waals surface area (Å²) in [7, 11) is 2.13. The van der Waals surface area contributed by atoms with Gasteiger partial charge in [0.1, 0.15) is 11.6 Å². The molecule has 0 bridgehead atoms. The molecule has 4 N–H and O–H groups in total. The molecule has 2 heterocycles. The fourth-order valence-corrected chi connectivity index (χ4v) is 3.66. The molecule has 0 spiro atoms. The van der Waals surface area contributed by atoms with Crippen LogP contribution in [0.15, 0.2) is 36.5 Å². The highest BCUT2D eigenvalue weighted by molar-refractivity contribution is 5.92. The molecule has 1 aromatic heterocycles. The van der Waals surface area contributed by atoms with Crippen LogP contribution in [-0.2, 0) is 13.1 Å². The van der Waals surface area contributed by atoms with Crippen LogP contribution in [0.5, 0.6) is 0 Å². The van der Waals surface area contributed by atoms with Crippen LogP contribution >= 0.6 is 0 Å². The Morgan fingerprint density at radius 2 is 2.15 bits per heavy atom. The molecule has 1 fully saturated rings. The number of carbonyl (C=O) groups is 1. The highest BCUT2D eigenvalue weighted by Crippen LogP contribution is 2.19. The quantitative estimate of drug-likeness (QED) is 0.804. The van der Waals surface area contributed by atoms with Crippen LogP contribution in [0.3, 0.4) is 0 Å². The molecule has 1 aliphatic heterocycles. The largest absolute Gasteiger partial charge is 0.384 e. The first kappa shape index (κ1) is 19.3. The summed E-state index contributed by atoms with van der Waals surface area (Å²) < 4.78 is 0. The van der Waals surface area contributed by atoms with Gasteiger partial charge in [-0.15, -0.1) is 0 Å². The van der Waals surface area contributed by atoms with Crippen molar-refractivity contribution in [3.63, 3.8) is 0 Å². The molecule has 0 aliphatic carbocycles. The third-order valence-corrected chi connectivity index (χ3v) is 5.15. The summed E-state index contributed by atoms with van der Waals surface area (Å²) in [4.78, 5) is 24.8. The van der Waals surface area contributed by atoms with E-state index < -0.39 is 0 Å². The van der Waals surface area contributed by atoms with Crippen molar-refractivity contribution >= 4 is 11.7 Å². The van der Waals surface area contributed by atoms with Crippen molar-refractivity contribution in [2.45, 2.75) is 38.4 Å². The summed E-state index contributed by atoms with van der Waals surface area (Å²) in [6.45, 7) is 3.62. The van der Waals surface area contributed by atoms with E-state index >= 15 is 0 Å². The fraction of sp³-hybridized carbons (Fsp3) is 0.450. The van der Waals surface area contributed by atoms with Crippen LogP contribution in [0.2, 0.25) is 0 Å². The second kappa shape index (κ2) is 8.92. The summed E-state index contributed by atoms with van der Waals surface area (Å²) >= 11 is 0. The predicted octanol–water partition coefficient (Wildman–Crippen LogP) is 1.64. The number of nitrogen functional groups attached to an aromatic ring is 1. The van der Waals surface area contributed by atoms with E-state index in [0.717, 1.165) is 50.3 Å². The molecular formula is C20H28N6O. The van der Waals surface area contributed by atoms with Crippen molar-refractivity contribution in [2.24, 2.45) is 5.73 Å². The molecule has 27 heavy (non-hydrogen) atoms. The summed E-state index contributed by atoms with van der Waals surface area (Å²) in [5.41, 5.74) is 12.8. The van der Waals surface area contributed by atoms with Crippen LogP contribution in [0.1, 0.15) is 41.0 Å². The molecule has 1 amide bonds. The first-order valence-electron chi connectivity index (χ1n) is 9.40. The Hall–Kier alpha value is -2.51. The highest BCUT2D eigenvalue weighted by atomic mass is 16.1. The van der Waals surface area contributed by atoms with E-state index in [4.69, 9.17) is 11.5 Å². The number of likely N-dealkylation sites (tertiary alicyclic amines) is 1. The van der Waals surface area contributed by atoms with Crippen LogP contribution in [0, 0.1) is 0 Å². The zero-order chi connectivity index (χ0) is 19.2. The maximum Gasteiger partial charge on any atom is 0.248 e.